The van der Waals surface area contributed by atoms with Crippen molar-refractivity contribution in [2.45, 2.75) is 33.1 Å². The Morgan fingerprint density at radius 2 is 1.75 bits per heavy atom. The maximum atomic E-state index is 6.03. The molecule has 0 amide bonds. The second-order valence-electron chi connectivity index (χ2n) is 4.76. The molecular formula is C16H17Cl2NO. The molecule has 2 nitrogen and oxygen atoms in total. The van der Waals surface area contributed by atoms with Gasteiger partial charge in [-0.2, -0.15) is 0 Å². The van der Waals surface area contributed by atoms with E-state index in [0.29, 0.717) is 16.8 Å². The fourth-order valence-corrected chi connectivity index (χ4v) is 2.58. The molecule has 106 valence electrons. The van der Waals surface area contributed by atoms with Gasteiger partial charge in [-0.25, -0.2) is 4.98 Å². The maximum absolute atomic E-state index is 6.03. The number of alkyl halides is 1. The third-order valence-corrected chi connectivity index (χ3v) is 3.59. The lowest BCUT2D eigenvalue weighted by Gasteiger charge is -2.13. The molecule has 2 rings (SSSR count). The van der Waals surface area contributed by atoms with Crippen molar-refractivity contribution in [2.75, 3.05) is 0 Å². The standard InChI is InChI=1S/C16H17Cl2NO/c1-4-14-7-12(9-17)8-15(19-14)20-16-10(2)5-13(18)6-11(16)3/h5-8H,4,9H2,1-3H3. The summed E-state index contributed by atoms with van der Waals surface area (Å²) in [4.78, 5) is 4.49. The Morgan fingerprint density at radius 1 is 1.10 bits per heavy atom. The zero-order chi connectivity index (χ0) is 14.7. The van der Waals surface area contributed by atoms with E-state index in [0.717, 1.165) is 34.6 Å². The monoisotopic (exact) mass is 309 g/mol. The largest absolute Gasteiger partial charge is 0.438 e. The van der Waals surface area contributed by atoms with Crippen LogP contribution < -0.4 is 4.74 Å². The molecular weight excluding hydrogens is 293 g/mol. The Bertz CT molecular complexity index is 581. The number of benzene rings is 1. The summed E-state index contributed by atoms with van der Waals surface area (Å²) in [5.74, 6) is 1.83. The molecule has 2 aromatic rings. The molecule has 0 aliphatic heterocycles. The third kappa shape index (κ3) is 3.44. The fraction of sp³-hybridized carbons (Fsp3) is 0.312. The van der Waals surface area contributed by atoms with E-state index in [1.165, 1.54) is 0 Å². The first-order chi connectivity index (χ1) is 9.53. The fourth-order valence-electron chi connectivity index (χ4n) is 2.09. The van der Waals surface area contributed by atoms with Crippen molar-refractivity contribution in [3.05, 3.63) is 51.7 Å². The predicted molar refractivity (Wildman–Crippen MR) is 84.2 cm³/mol. The average Bonchev–Trinajstić information content (AvgIpc) is 2.42. The zero-order valence-corrected chi connectivity index (χ0v) is 13.3. The van der Waals surface area contributed by atoms with Crippen LogP contribution in [0.3, 0.4) is 0 Å². The summed E-state index contributed by atoms with van der Waals surface area (Å²) in [6, 6.07) is 7.65. The SMILES string of the molecule is CCc1cc(CCl)cc(Oc2c(C)cc(Cl)cc2C)n1. The molecule has 0 unspecified atom stereocenters. The van der Waals surface area contributed by atoms with Gasteiger partial charge >= 0.3 is 0 Å². The minimum absolute atomic E-state index is 0.449. The van der Waals surface area contributed by atoms with Gasteiger partial charge in [-0.1, -0.05) is 18.5 Å². The van der Waals surface area contributed by atoms with Gasteiger partial charge in [0.2, 0.25) is 5.88 Å². The van der Waals surface area contributed by atoms with Crippen molar-refractivity contribution in [2.24, 2.45) is 0 Å². The van der Waals surface area contributed by atoms with E-state index < -0.39 is 0 Å². The minimum atomic E-state index is 0.449. The molecule has 0 aliphatic rings. The normalized spacial score (nSPS) is 10.7. The van der Waals surface area contributed by atoms with Crippen LogP contribution in [0.15, 0.2) is 24.3 Å². The van der Waals surface area contributed by atoms with Crippen molar-refractivity contribution >= 4 is 23.2 Å². The molecule has 0 spiro atoms. The van der Waals surface area contributed by atoms with Crippen molar-refractivity contribution < 1.29 is 4.74 Å². The number of hydrogen-bond donors (Lipinski definition) is 0. The van der Waals surface area contributed by atoms with Crippen LogP contribution in [0.4, 0.5) is 0 Å². The van der Waals surface area contributed by atoms with Crippen molar-refractivity contribution in [1.82, 2.24) is 4.98 Å². The zero-order valence-electron chi connectivity index (χ0n) is 11.8. The van der Waals surface area contributed by atoms with E-state index >= 15 is 0 Å². The molecule has 0 saturated carbocycles. The highest BCUT2D eigenvalue weighted by molar-refractivity contribution is 6.30. The molecule has 4 heteroatoms. The van der Waals surface area contributed by atoms with Crippen molar-refractivity contribution in [3.63, 3.8) is 0 Å². The topological polar surface area (TPSA) is 22.1 Å². The van der Waals surface area contributed by atoms with Crippen LogP contribution in [0.25, 0.3) is 0 Å². The number of hydrogen-bond acceptors (Lipinski definition) is 2. The van der Waals surface area contributed by atoms with Crippen LogP contribution in [0.1, 0.15) is 29.3 Å². The highest BCUT2D eigenvalue weighted by atomic mass is 35.5. The van der Waals surface area contributed by atoms with Crippen molar-refractivity contribution in [1.29, 1.82) is 0 Å². The molecule has 1 aromatic heterocycles. The lowest BCUT2D eigenvalue weighted by molar-refractivity contribution is 0.453. The van der Waals surface area contributed by atoms with Gasteiger partial charge in [0.25, 0.3) is 0 Å². The van der Waals surface area contributed by atoms with Crippen LogP contribution in [0, 0.1) is 13.8 Å². The molecule has 0 radical (unpaired) electrons. The summed E-state index contributed by atoms with van der Waals surface area (Å²) in [7, 11) is 0. The Kier molecular flexibility index (Phi) is 4.90. The van der Waals surface area contributed by atoms with Crippen LogP contribution in [-0.2, 0) is 12.3 Å². The first kappa shape index (κ1) is 15.1. The Morgan fingerprint density at radius 3 is 2.30 bits per heavy atom. The maximum Gasteiger partial charge on any atom is 0.219 e. The van der Waals surface area contributed by atoms with E-state index in [-0.39, 0.29) is 0 Å². The molecule has 0 bridgehead atoms. The molecule has 1 heterocycles. The summed E-state index contributed by atoms with van der Waals surface area (Å²) in [6.45, 7) is 6.00. The molecule has 0 atom stereocenters. The van der Waals surface area contributed by atoms with E-state index in [2.05, 4.69) is 11.9 Å². The van der Waals surface area contributed by atoms with Crippen LogP contribution in [0.5, 0.6) is 11.6 Å². The van der Waals surface area contributed by atoms with E-state index in [1.807, 2.05) is 38.1 Å². The molecule has 0 N–H and O–H groups in total. The van der Waals surface area contributed by atoms with Crippen LogP contribution >= 0.6 is 23.2 Å². The van der Waals surface area contributed by atoms with E-state index in [9.17, 15) is 0 Å². The summed E-state index contributed by atoms with van der Waals surface area (Å²) >= 11 is 11.9. The number of nitrogens with zero attached hydrogens (tertiary/aromatic N) is 1. The van der Waals surface area contributed by atoms with Gasteiger partial charge in [-0.15, -0.1) is 11.6 Å². The first-order valence-electron chi connectivity index (χ1n) is 6.54. The van der Waals surface area contributed by atoms with Gasteiger partial charge in [-0.3, -0.25) is 0 Å². The summed E-state index contributed by atoms with van der Waals surface area (Å²) in [6.07, 6.45) is 0.847. The quantitative estimate of drug-likeness (QED) is 0.701. The summed E-state index contributed by atoms with van der Waals surface area (Å²) < 4.78 is 5.95. The molecule has 1 aromatic carbocycles. The van der Waals surface area contributed by atoms with Gasteiger partial charge < -0.3 is 4.74 Å². The molecule has 0 saturated heterocycles. The molecule has 0 aliphatic carbocycles. The number of aromatic nitrogens is 1. The van der Waals surface area contributed by atoms with Crippen LogP contribution in [0.2, 0.25) is 5.02 Å². The Balaban J connectivity index is 2.39. The highest BCUT2D eigenvalue weighted by Crippen LogP contribution is 2.31. The Labute approximate surface area is 129 Å². The smallest absolute Gasteiger partial charge is 0.219 e. The average molecular weight is 310 g/mol. The van der Waals surface area contributed by atoms with Gasteiger partial charge in [0.1, 0.15) is 5.75 Å². The third-order valence-electron chi connectivity index (χ3n) is 3.06. The van der Waals surface area contributed by atoms with Gasteiger partial charge in [-0.05, 0) is 55.2 Å². The van der Waals surface area contributed by atoms with Gasteiger partial charge in [0, 0.05) is 22.7 Å². The van der Waals surface area contributed by atoms with E-state index in [1.54, 1.807) is 0 Å². The number of rotatable bonds is 4. The lowest BCUT2D eigenvalue weighted by atomic mass is 10.1. The summed E-state index contributed by atoms with van der Waals surface area (Å²) in [5, 5.41) is 0.712. The minimum Gasteiger partial charge on any atom is -0.438 e. The van der Waals surface area contributed by atoms with Crippen LogP contribution in [-0.4, -0.2) is 4.98 Å². The summed E-state index contributed by atoms with van der Waals surface area (Å²) in [5.41, 5.74) is 3.97. The van der Waals surface area contributed by atoms with Gasteiger partial charge in [0.15, 0.2) is 0 Å². The predicted octanol–water partition coefficient (Wildman–Crippen LogP) is 5.45. The highest BCUT2D eigenvalue weighted by Gasteiger charge is 2.09. The second-order valence-corrected chi connectivity index (χ2v) is 5.47. The number of ether oxygens (including phenoxy) is 1. The Hall–Kier alpha value is -1.25. The van der Waals surface area contributed by atoms with Gasteiger partial charge in [0.05, 0.1) is 0 Å². The first-order valence-corrected chi connectivity index (χ1v) is 7.45. The molecule has 0 fully saturated rings. The van der Waals surface area contributed by atoms with E-state index in [4.69, 9.17) is 27.9 Å². The number of pyridine rings is 1. The number of aryl methyl sites for hydroxylation is 3. The lowest BCUT2D eigenvalue weighted by Crippen LogP contribution is -1.97. The van der Waals surface area contributed by atoms with Crippen molar-refractivity contribution in [3.8, 4) is 11.6 Å². The molecule has 20 heavy (non-hydrogen) atoms. The number of halogens is 2. The second kappa shape index (κ2) is 6.47.